The first kappa shape index (κ1) is 16.4. The molecular weight excluding hydrogens is 324 g/mol. The third kappa shape index (κ3) is 3.52. The number of benzene rings is 1. The standard InChI is InChI=1S/C17H18N4O2S/c1-17(23,12-6-4-3-5-7-12)10-14(22)20-16-19-13(11-24-16)15-18-8-9-21(15)2/h3-9,11,23H,10H2,1-2H3,(H,19,20,22). The van der Waals surface area contributed by atoms with Gasteiger partial charge in [0.05, 0.1) is 12.0 Å². The van der Waals surface area contributed by atoms with Crippen LogP contribution in [0.4, 0.5) is 5.13 Å². The lowest BCUT2D eigenvalue weighted by atomic mass is 9.92. The summed E-state index contributed by atoms with van der Waals surface area (Å²) >= 11 is 1.33. The number of carbonyl (C=O) groups excluding carboxylic acids is 1. The van der Waals surface area contributed by atoms with Crippen LogP contribution in [0.25, 0.3) is 11.5 Å². The molecule has 2 N–H and O–H groups in total. The van der Waals surface area contributed by atoms with Gasteiger partial charge in [0.2, 0.25) is 5.91 Å². The first-order valence-corrected chi connectivity index (χ1v) is 8.35. The number of aryl methyl sites for hydroxylation is 1. The van der Waals surface area contributed by atoms with E-state index in [9.17, 15) is 9.90 Å². The van der Waals surface area contributed by atoms with Crippen molar-refractivity contribution in [2.24, 2.45) is 7.05 Å². The van der Waals surface area contributed by atoms with Crippen molar-refractivity contribution < 1.29 is 9.90 Å². The number of nitrogens with one attached hydrogen (secondary N) is 1. The summed E-state index contributed by atoms with van der Waals surface area (Å²) in [4.78, 5) is 20.8. The van der Waals surface area contributed by atoms with Crippen LogP contribution in [0.3, 0.4) is 0 Å². The molecule has 0 spiro atoms. The van der Waals surface area contributed by atoms with Crippen molar-refractivity contribution in [2.75, 3.05) is 5.32 Å². The summed E-state index contributed by atoms with van der Waals surface area (Å²) in [5.74, 6) is 0.452. The van der Waals surface area contributed by atoms with Crippen LogP contribution in [0.1, 0.15) is 18.9 Å². The van der Waals surface area contributed by atoms with E-state index >= 15 is 0 Å². The van der Waals surface area contributed by atoms with E-state index < -0.39 is 5.60 Å². The maximum atomic E-state index is 12.2. The molecule has 3 rings (SSSR count). The van der Waals surface area contributed by atoms with Crippen LogP contribution in [0.5, 0.6) is 0 Å². The Morgan fingerprint density at radius 1 is 1.38 bits per heavy atom. The largest absolute Gasteiger partial charge is 0.385 e. The van der Waals surface area contributed by atoms with Gasteiger partial charge < -0.3 is 15.0 Å². The summed E-state index contributed by atoms with van der Waals surface area (Å²) in [5.41, 5.74) is 0.177. The molecule has 124 valence electrons. The van der Waals surface area contributed by atoms with Crippen molar-refractivity contribution in [3.05, 3.63) is 53.7 Å². The number of aliphatic hydroxyl groups is 1. The molecule has 1 unspecified atom stereocenters. The van der Waals surface area contributed by atoms with Gasteiger partial charge in [0.1, 0.15) is 5.69 Å². The summed E-state index contributed by atoms with van der Waals surface area (Å²) < 4.78 is 1.86. The van der Waals surface area contributed by atoms with Gasteiger partial charge in [-0.1, -0.05) is 30.3 Å². The zero-order valence-corrected chi connectivity index (χ0v) is 14.2. The number of rotatable bonds is 5. The molecule has 2 heterocycles. The Balaban J connectivity index is 1.67. The Morgan fingerprint density at radius 3 is 2.79 bits per heavy atom. The molecule has 0 radical (unpaired) electrons. The number of nitrogens with zero attached hydrogens (tertiary/aromatic N) is 3. The predicted molar refractivity (Wildman–Crippen MR) is 93.6 cm³/mol. The number of anilines is 1. The minimum atomic E-state index is -1.23. The maximum absolute atomic E-state index is 12.2. The Kier molecular flexibility index (Phi) is 4.46. The van der Waals surface area contributed by atoms with Gasteiger partial charge in [-0.05, 0) is 12.5 Å². The van der Waals surface area contributed by atoms with Crippen LogP contribution in [-0.4, -0.2) is 25.5 Å². The lowest BCUT2D eigenvalue weighted by Gasteiger charge is -2.22. The van der Waals surface area contributed by atoms with Crippen LogP contribution in [0, 0.1) is 0 Å². The SMILES string of the molecule is Cn1ccnc1-c1csc(NC(=O)CC(C)(O)c2ccccc2)n1. The van der Waals surface area contributed by atoms with E-state index in [2.05, 4.69) is 15.3 Å². The number of imidazole rings is 1. The van der Waals surface area contributed by atoms with Gasteiger partial charge in [-0.25, -0.2) is 9.97 Å². The molecule has 7 heteroatoms. The predicted octanol–water partition coefficient (Wildman–Crippen LogP) is 2.78. The smallest absolute Gasteiger partial charge is 0.229 e. The summed E-state index contributed by atoms with van der Waals surface area (Å²) in [6, 6.07) is 9.14. The second-order valence-electron chi connectivity index (χ2n) is 5.76. The number of hydrogen-bond donors (Lipinski definition) is 2. The fraction of sp³-hybridized carbons (Fsp3) is 0.235. The highest BCUT2D eigenvalue weighted by atomic mass is 32.1. The highest BCUT2D eigenvalue weighted by Gasteiger charge is 2.26. The Bertz CT molecular complexity index is 839. The zero-order valence-electron chi connectivity index (χ0n) is 13.4. The van der Waals surface area contributed by atoms with Gasteiger partial charge in [-0.2, -0.15) is 0 Å². The maximum Gasteiger partial charge on any atom is 0.229 e. The normalized spacial score (nSPS) is 13.5. The van der Waals surface area contributed by atoms with Crippen molar-refractivity contribution >= 4 is 22.4 Å². The lowest BCUT2D eigenvalue weighted by Crippen LogP contribution is -2.28. The topological polar surface area (TPSA) is 80.0 Å². The Morgan fingerprint density at radius 2 is 2.12 bits per heavy atom. The summed E-state index contributed by atoms with van der Waals surface area (Å²) in [6.45, 7) is 1.63. The van der Waals surface area contributed by atoms with Gasteiger partial charge in [0.15, 0.2) is 11.0 Å². The van der Waals surface area contributed by atoms with Crippen LogP contribution >= 0.6 is 11.3 Å². The van der Waals surface area contributed by atoms with Crippen LogP contribution < -0.4 is 5.32 Å². The molecule has 1 atom stereocenters. The fourth-order valence-electron chi connectivity index (χ4n) is 2.42. The minimum Gasteiger partial charge on any atom is -0.385 e. The monoisotopic (exact) mass is 342 g/mol. The van der Waals surface area contributed by atoms with Gasteiger partial charge in [-0.15, -0.1) is 11.3 Å². The highest BCUT2D eigenvalue weighted by molar-refractivity contribution is 7.14. The second kappa shape index (κ2) is 6.54. The average Bonchev–Trinajstić information content (AvgIpc) is 3.16. The van der Waals surface area contributed by atoms with E-state index in [0.29, 0.717) is 16.4 Å². The molecule has 0 bridgehead atoms. The molecule has 0 saturated carbocycles. The quantitative estimate of drug-likeness (QED) is 0.747. The van der Waals surface area contributed by atoms with Crippen LogP contribution in [0.15, 0.2) is 48.1 Å². The molecule has 3 aromatic rings. The lowest BCUT2D eigenvalue weighted by molar-refractivity contribution is -0.120. The summed E-state index contributed by atoms with van der Waals surface area (Å²) in [7, 11) is 1.89. The Hall–Kier alpha value is -2.51. The van der Waals surface area contributed by atoms with Crippen LogP contribution in [-0.2, 0) is 17.4 Å². The Labute approximate surface area is 143 Å². The van der Waals surface area contributed by atoms with Crippen molar-refractivity contribution in [1.82, 2.24) is 14.5 Å². The number of hydrogen-bond acceptors (Lipinski definition) is 5. The van der Waals surface area contributed by atoms with Crippen molar-refractivity contribution in [2.45, 2.75) is 18.9 Å². The fourth-order valence-corrected chi connectivity index (χ4v) is 3.13. The number of amides is 1. The molecule has 0 saturated heterocycles. The van der Waals surface area contributed by atoms with Gasteiger partial charge >= 0.3 is 0 Å². The van der Waals surface area contributed by atoms with E-state index in [4.69, 9.17) is 0 Å². The number of aromatic nitrogens is 3. The molecule has 1 aromatic carbocycles. The van der Waals surface area contributed by atoms with Gasteiger partial charge in [0.25, 0.3) is 0 Å². The second-order valence-corrected chi connectivity index (χ2v) is 6.62. The molecular formula is C17H18N4O2S. The van der Waals surface area contributed by atoms with Gasteiger partial charge in [0, 0.05) is 24.8 Å². The average molecular weight is 342 g/mol. The van der Waals surface area contributed by atoms with E-state index in [1.807, 2.05) is 41.4 Å². The van der Waals surface area contributed by atoms with Crippen LogP contribution in [0.2, 0.25) is 0 Å². The summed E-state index contributed by atoms with van der Waals surface area (Å²) in [5, 5.41) is 15.6. The molecule has 0 aliphatic carbocycles. The van der Waals surface area contributed by atoms with Crippen molar-refractivity contribution in [1.29, 1.82) is 0 Å². The third-order valence-electron chi connectivity index (χ3n) is 3.70. The van der Waals surface area contributed by atoms with E-state index in [1.165, 1.54) is 11.3 Å². The number of carbonyl (C=O) groups is 1. The van der Waals surface area contributed by atoms with Crippen molar-refractivity contribution in [3.63, 3.8) is 0 Å². The molecule has 24 heavy (non-hydrogen) atoms. The van der Waals surface area contributed by atoms with E-state index in [0.717, 1.165) is 5.82 Å². The number of thiazole rings is 1. The first-order chi connectivity index (χ1) is 11.5. The third-order valence-corrected chi connectivity index (χ3v) is 4.46. The highest BCUT2D eigenvalue weighted by Crippen LogP contribution is 2.26. The molecule has 2 aromatic heterocycles. The van der Waals surface area contributed by atoms with Gasteiger partial charge in [-0.3, -0.25) is 4.79 Å². The molecule has 6 nitrogen and oxygen atoms in total. The molecule has 1 amide bonds. The van der Waals surface area contributed by atoms with E-state index in [1.54, 1.807) is 25.3 Å². The molecule has 0 fully saturated rings. The summed E-state index contributed by atoms with van der Waals surface area (Å²) in [6.07, 6.45) is 3.49. The minimum absolute atomic E-state index is 0.0473. The molecule has 0 aliphatic heterocycles. The van der Waals surface area contributed by atoms with Crippen molar-refractivity contribution in [3.8, 4) is 11.5 Å². The van der Waals surface area contributed by atoms with E-state index in [-0.39, 0.29) is 12.3 Å². The zero-order chi connectivity index (χ0) is 17.2. The first-order valence-electron chi connectivity index (χ1n) is 7.47. The molecule has 0 aliphatic rings.